The van der Waals surface area contributed by atoms with Gasteiger partial charge < -0.3 is 5.32 Å². The highest BCUT2D eigenvalue weighted by atomic mass is 19.1. The Morgan fingerprint density at radius 3 is 2.60 bits per heavy atom. The van der Waals surface area contributed by atoms with Gasteiger partial charge in [0.1, 0.15) is 5.82 Å². The van der Waals surface area contributed by atoms with Crippen LogP contribution in [-0.4, -0.2) is 29.9 Å². The number of likely N-dealkylation sites (tertiary alicyclic amines) is 1. The van der Waals surface area contributed by atoms with E-state index in [0.717, 1.165) is 25.9 Å². The molecule has 1 saturated heterocycles. The molecule has 0 radical (unpaired) electrons. The van der Waals surface area contributed by atoms with Crippen LogP contribution in [0.5, 0.6) is 0 Å². The fourth-order valence-electron chi connectivity index (χ4n) is 2.72. The first-order chi connectivity index (χ1) is 9.40. The van der Waals surface area contributed by atoms with Crippen LogP contribution in [0.15, 0.2) is 24.3 Å². The molecule has 0 aliphatic carbocycles. The Morgan fingerprint density at radius 2 is 2.00 bits per heavy atom. The molecule has 1 aromatic rings. The Hall–Kier alpha value is -1.42. The van der Waals surface area contributed by atoms with Gasteiger partial charge in [0.2, 0.25) is 5.91 Å². The molecule has 1 aromatic carbocycles. The third kappa shape index (κ3) is 3.37. The van der Waals surface area contributed by atoms with E-state index in [-0.39, 0.29) is 17.1 Å². The number of halogens is 1. The van der Waals surface area contributed by atoms with Gasteiger partial charge in [-0.05, 0) is 64.4 Å². The molecule has 2 rings (SSSR count). The monoisotopic (exact) mass is 278 g/mol. The van der Waals surface area contributed by atoms with Crippen molar-refractivity contribution in [1.29, 1.82) is 0 Å². The minimum Gasteiger partial charge on any atom is -0.326 e. The van der Waals surface area contributed by atoms with Gasteiger partial charge in [-0.15, -0.1) is 0 Å². The van der Waals surface area contributed by atoms with Crippen molar-refractivity contribution in [1.82, 2.24) is 4.90 Å². The van der Waals surface area contributed by atoms with Crippen LogP contribution in [0, 0.1) is 11.2 Å². The van der Waals surface area contributed by atoms with Crippen LogP contribution in [0.25, 0.3) is 0 Å². The maximum Gasteiger partial charge on any atom is 0.231 e. The first kappa shape index (κ1) is 15.0. The number of anilines is 1. The fourth-order valence-corrected chi connectivity index (χ4v) is 2.72. The van der Waals surface area contributed by atoms with Crippen LogP contribution in [0.3, 0.4) is 0 Å². The molecule has 1 amide bonds. The minimum absolute atomic E-state index is 0.0226. The summed E-state index contributed by atoms with van der Waals surface area (Å²) in [4.78, 5) is 14.9. The number of carbonyl (C=O) groups excluding carboxylic acids is 1. The summed E-state index contributed by atoms with van der Waals surface area (Å²) in [7, 11) is 0. The molecule has 0 spiro atoms. The number of nitrogens with one attached hydrogen (secondary N) is 1. The Bertz CT molecular complexity index is 472. The summed E-state index contributed by atoms with van der Waals surface area (Å²) in [5.41, 5.74) is 0.274. The summed E-state index contributed by atoms with van der Waals surface area (Å²) in [5, 5.41) is 2.91. The Balaban J connectivity index is 2.05. The van der Waals surface area contributed by atoms with Crippen molar-refractivity contribution >= 4 is 11.6 Å². The highest BCUT2D eigenvalue weighted by Crippen LogP contribution is 2.31. The van der Waals surface area contributed by atoms with Crippen molar-refractivity contribution in [3.05, 3.63) is 30.1 Å². The second kappa shape index (κ2) is 5.92. The summed E-state index contributed by atoms with van der Waals surface area (Å²) in [6.07, 6.45) is 1.93. The van der Waals surface area contributed by atoms with Gasteiger partial charge in [-0.25, -0.2) is 4.39 Å². The van der Waals surface area contributed by atoms with Crippen molar-refractivity contribution in [2.45, 2.75) is 39.7 Å². The number of amides is 1. The molecule has 20 heavy (non-hydrogen) atoms. The first-order valence-corrected chi connectivity index (χ1v) is 7.22. The lowest BCUT2D eigenvalue weighted by atomic mass is 9.80. The van der Waals surface area contributed by atoms with E-state index in [9.17, 15) is 9.18 Å². The number of piperidine rings is 1. The number of hydrogen-bond donors (Lipinski definition) is 1. The Labute approximate surface area is 120 Å². The van der Waals surface area contributed by atoms with Crippen LogP contribution in [-0.2, 0) is 4.79 Å². The van der Waals surface area contributed by atoms with Gasteiger partial charge in [-0.3, -0.25) is 9.69 Å². The predicted octanol–water partition coefficient (Wildman–Crippen LogP) is 3.27. The lowest BCUT2D eigenvalue weighted by molar-refractivity contribution is -0.128. The van der Waals surface area contributed by atoms with E-state index in [1.54, 1.807) is 12.1 Å². The number of hydrogen-bond acceptors (Lipinski definition) is 2. The second-order valence-corrected chi connectivity index (χ2v) is 6.19. The molecule has 1 aliphatic rings. The third-order valence-electron chi connectivity index (χ3n) is 4.11. The van der Waals surface area contributed by atoms with Gasteiger partial charge in [0, 0.05) is 18.3 Å². The lowest BCUT2D eigenvalue weighted by Gasteiger charge is -2.41. The molecule has 0 aromatic heterocycles. The summed E-state index contributed by atoms with van der Waals surface area (Å²) in [6, 6.07) is 6.37. The standard InChI is InChI=1S/C16H23FN2O/c1-12(2)19-10-4-9-16(3,11-19)15(20)18-14-7-5-13(17)6-8-14/h5-8,12H,4,9-11H2,1-3H3,(H,18,20). The van der Waals surface area contributed by atoms with Crippen molar-refractivity contribution in [3.8, 4) is 0 Å². The predicted molar refractivity (Wildman–Crippen MR) is 79.1 cm³/mol. The molecule has 1 atom stereocenters. The Morgan fingerprint density at radius 1 is 1.35 bits per heavy atom. The summed E-state index contributed by atoms with van der Waals surface area (Å²) in [6.45, 7) is 8.16. The smallest absolute Gasteiger partial charge is 0.231 e. The summed E-state index contributed by atoms with van der Waals surface area (Å²) >= 11 is 0. The highest BCUT2D eigenvalue weighted by molar-refractivity contribution is 5.95. The van der Waals surface area contributed by atoms with E-state index < -0.39 is 0 Å². The zero-order chi connectivity index (χ0) is 14.8. The topological polar surface area (TPSA) is 32.3 Å². The second-order valence-electron chi connectivity index (χ2n) is 6.19. The quantitative estimate of drug-likeness (QED) is 0.920. The van der Waals surface area contributed by atoms with Crippen molar-refractivity contribution < 1.29 is 9.18 Å². The molecule has 0 saturated carbocycles. The molecular formula is C16H23FN2O. The number of nitrogens with zero attached hydrogens (tertiary/aromatic N) is 1. The minimum atomic E-state index is -0.378. The molecule has 1 N–H and O–H groups in total. The molecule has 1 fully saturated rings. The maximum atomic E-state index is 12.9. The average Bonchev–Trinajstić information content (AvgIpc) is 2.41. The number of carbonyl (C=O) groups is 1. The summed E-state index contributed by atoms with van der Waals surface area (Å²) < 4.78 is 12.9. The SMILES string of the molecule is CC(C)N1CCCC(C)(C(=O)Nc2ccc(F)cc2)C1. The van der Waals surface area contributed by atoms with E-state index in [1.165, 1.54) is 12.1 Å². The molecule has 0 bridgehead atoms. The lowest BCUT2D eigenvalue weighted by Crippen LogP contribution is -2.50. The normalized spacial score (nSPS) is 23.9. The van der Waals surface area contributed by atoms with Gasteiger partial charge in [-0.1, -0.05) is 0 Å². The van der Waals surface area contributed by atoms with Gasteiger partial charge in [-0.2, -0.15) is 0 Å². The van der Waals surface area contributed by atoms with Crippen LogP contribution in [0.1, 0.15) is 33.6 Å². The zero-order valence-corrected chi connectivity index (χ0v) is 12.4. The van der Waals surface area contributed by atoms with Gasteiger partial charge in [0.05, 0.1) is 5.41 Å². The van der Waals surface area contributed by atoms with E-state index in [4.69, 9.17) is 0 Å². The highest BCUT2D eigenvalue weighted by Gasteiger charge is 2.38. The molecule has 3 nitrogen and oxygen atoms in total. The third-order valence-corrected chi connectivity index (χ3v) is 4.11. The number of rotatable bonds is 3. The van der Waals surface area contributed by atoms with Crippen molar-refractivity contribution in [2.75, 3.05) is 18.4 Å². The summed E-state index contributed by atoms with van der Waals surface area (Å²) in [5.74, 6) is -0.271. The van der Waals surface area contributed by atoms with Crippen LogP contribution in [0.2, 0.25) is 0 Å². The van der Waals surface area contributed by atoms with Crippen LogP contribution < -0.4 is 5.32 Å². The maximum absolute atomic E-state index is 12.9. The largest absolute Gasteiger partial charge is 0.326 e. The number of benzene rings is 1. The zero-order valence-electron chi connectivity index (χ0n) is 12.4. The van der Waals surface area contributed by atoms with E-state index in [1.807, 2.05) is 6.92 Å². The van der Waals surface area contributed by atoms with Crippen molar-refractivity contribution in [3.63, 3.8) is 0 Å². The molecule has 4 heteroatoms. The Kier molecular flexibility index (Phi) is 4.43. The van der Waals surface area contributed by atoms with E-state index in [0.29, 0.717) is 11.7 Å². The van der Waals surface area contributed by atoms with Gasteiger partial charge in [0.15, 0.2) is 0 Å². The van der Waals surface area contributed by atoms with Crippen LogP contribution >= 0.6 is 0 Å². The molecule has 1 unspecified atom stereocenters. The fraction of sp³-hybridized carbons (Fsp3) is 0.562. The average molecular weight is 278 g/mol. The van der Waals surface area contributed by atoms with E-state index in [2.05, 4.69) is 24.1 Å². The van der Waals surface area contributed by atoms with Gasteiger partial charge >= 0.3 is 0 Å². The van der Waals surface area contributed by atoms with Crippen LogP contribution in [0.4, 0.5) is 10.1 Å². The molecule has 1 heterocycles. The molecule has 110 valence electrons. The molecule has 1 aliphatic heterocycles. The first-order valence-electron chi connectivity index (χ1n) is 7.22. The molecular weight excluding hydrogens is 255 g/mol. The van der Waals surface area contributed by atoms with Crippen molar-refractivity contribution in [2.24, 2.45) is 5.41 Å². The van der Waals surface area contributed by atoms with E-state index >= 15 is 0 Å². The van der Waals surface area contributed by atoms with Gasteiger partial charge in [0.25, 0.3) is 0 Å².